The number of aromatic nitrogens is 5. The van der Waals surface area contributed by atoms with Gasteiger partial charge in [0.05, 0.1) is 12.1 Å². The zero-order chi connectivity index (χ0) is 19.0. The van der Waals surface area contributed by atoms with E-state index in [1.54, 1.807) is 4.68 Å². The van der Waals surface area contributed by atoms with E-state index in [9.17, 15) is 4.79 Å². The summed E-state index contributed by atoms with van der Waals surface area (Å²) in [5.41, 5.74) is 3.75. The normalized spacial score (nSPS) is 18.7. The van der Waals surface area contributed by atoms with Gasteiger partial charge in [-0.25, -0.2) is 4.98 Å². The molecule has 1 amide bonds. The van der Waals surface area contributed by atoms with Crippen LogP contribution in [0, 0.1) is 19.8 Å². The fourth-order valence-electron chi connectivity index (χ4n) is 3.53. The van der Waals surface area contributed by atoms with Crippen LogP contribution in [-0.4, -0.2) is 44.0 Å². The van der Waals surface area contributed by atoms with Crippen molar-refractivity contribution < 1.29 is 4.79 Å². The molecule has 1 saturated heterocycles. The molecule has 1 aromatic carbocycles. The van der Waals surface area contributed by atoms with E-state index in [0.717, 1.165) is 34.7 Å². The number of anilines is 1. The highest BCUT2D eigenvalue weighted by Gasteiger charge is 2.34. The van der Waals surface area contributed by atoms with Crippen molar-refractivity contribution in [3.05, 3.63) is 47.5 Å². The number of hydrogen-bond acceptors (Lipinski definition) is 5. The van der Waals surface area contributed by atoms with Gasteiger partial charge in [-0.3, -0.25) is 14.6 Å². The molecule has 0 unspecified atom stereocenters. The molecule has 3 aromatic rings. The van der Waals surface area contributed by atoms with Crippen molar-refractivity contribution >= 4 is 24.0 Å². The average molecular weight is 402 g/mol. The molecule has 0 aliphatic carbocycles. The number of aromatic amines is 1. The number of amides is 1. The molecular formula is C19H24ClN7O. The zero-order valence-corrected chi connectivity index (χ0v) is 16.9. The monoisotopic (exact) mass is 401 g/mol. The van der Waals surface area contributed by atoms with E-state index in [1.165, 1.54) is 0 Å². The smallest absolute Gasteiger partial charge is 0.229 e. The Hall–Kier alpha value is -2.71. The van der Waals surface area contributed by atoms with Crippen LogP contribution >= 0.6 is 12.4 Å². The van der Waals surface area contributed by atoms with Gasteiger partial charge in [-0.05, 0) is 31.0 Å². The molecule has 9 heteroatoms. The molecule has 2 aromatic heterocycles. The molecule has 0 radical (unpaired) electrons. The number of hydrogen-bond donors (Lipinski definition) is 3. The lowest BCUT2D eigenvalue weighted by Gasteiger charge is -2.18. The molecule has 4 rings (SSSR count). The van der Waals surface area contributed by atoms with Crippen molar-refractivity contribution in [2.45, 2.75) is 19.8 Å². The molecule has 3 N–H and O–H groups in total. The summed E-state index contributed by atoms with van der Waals surface area (Å²) in [5.74, 6) is 1.38. The standard InChI is InChI=1S/C19H23N7O.ClH/c1-11-4-5-13(18-22-12(2)24-25-18)6-17(11)23-19(27)16-9-20-8-15(16)14-7-21-26(3)10-14;/h4-7,10,15-16,20H,8-9H2,1-3H3,(H,23,27)(H,22,24,25);1H/t15-,16+;/m1./s1. The van der Waals surface area contributed by atoms with Crippen molar-refractivity contribution in [2.75, 3.05) is 18.4 Å². The van der Waals surface area contributed by atoms with E-state index in [2.05, 4.69) is 30.9 Å². The topological polar surface area (TPSA) is 101 Å². The minimum absolute atomic E-state index is 0. The third kappa shape index (κ3) is 3.93. The number of aryl methyl sites for hydroxylation is 3. The minimum Gasteiger partial charge on any atom is -0.326 e. The van der Waals surface area contributed by atoms with E-state index in [1.807, 2.05) is 51.5 Å². The maximum absolute atomic E-state index is 13.0. The van der Waals surface area contributed by atoms with Gasteiger partial charge >= 0.3 is 0 Å². The Balaban J connectivity index is 0.00000225. The number of nitrogens with one attached hydrogen (secondary N) is 3. The van der Waals surface area contributed by atoms with E-state index in [0.29, 0.717) is 12.4 Å². The van der Waals surface area contributed by atoms with Crippen LogP contribution in [0.2, 0.25) is 0 Å². The molecular weight excluding hydrogens is 378 g/mol. The zero-order valence-electron chi connectivity index (χ0n) is 16.1. The first kappa shape index (κ1) is 20.0. The number of rotatable bonds is 4. The van der Waals surface area contributed by atoms with Gasteiger partial charge in [0.15, 0.2) is 5.82 Å². The number of carbonyl (C=O) groups is 1. The van der Waals surface area contributed by atoms with Gasteiger partial charge < -0.3 is 10.6 Å². The Kier molecular flexibility index (Phi) is 5.81. The van der Waals surface area contributed by atoms with Crippen LogP contribution in [0.4, 0.5) is 5.69 Å². The fourth-order valence-corrected chi connectivity index (χ4v) is 3.53. The third-order valence-corrected chi connectivity index (χ3v) is 5.05. The quantitative estimate of drug-likeness (QED) is 0.622. The Morgan fingerprint density at radius 2 is 2.11 bits per heavy atom. The minimum atomic E-state index is -0.136. The van der Waals surface area contributed by atoms with Crippen LogP contribution < -0.4 is 10.6 Å². The van der Waals surface area contributed by atoms with Crippen LogP contribution in [0.3, 0.4) is 0 Å². The average Bonchev–Trinajstić information content (AvgIpc) is 3.37. The van der Waals surface area contributed by atoms with Gasteiger partial charge in [-0.2, -0.15) is 10.2 Å². The lowest BCUT2D eigenvalue weighted by Crippen LogP contribution is -2.28. The Morgan fingerprint density at radius 1 is 1.29 bits per heavy atom. The summed E-state index contributed by atoms with van der Waals surface area (Å²) >= 11 is 0. The van der Waals surface area contributed by atoms with Gasteiger partial charge in [-0.1, -0.05) is 12.1 Å². The highest BCUT2D eigenvalue weighted by molar-refractivity contribution is 5.95. The molecule has 148 valence electrons. The summed E-state index contributed by atoms with van der Waals surface area (Å²) in [6.45, 7) is 5.27. The predicted molar refractivity (Wildman–Crippen MR) is 109 cm³/mol. The van der Waals surface area contributed by atoms with Crippen molar-refractivity contribution in [1.29, 1.82) is 0 Å². The number of halogens is 1. The summed E-state index contributed by atoms with van der Waals surface area (Å²) < 4.78 is 1.77. The molecule has 3 heterocycles. The van der Waals surface area contributed by atoms with Crippen molar-refractivity contribution in [3.8, 4) is 11.4 Å². The third-order valence-electron chi connectivity index (χ3n) is 5.05. The summed E-state index contributed by atoms with van der Waals surface area (Å²) in [6.07, 6.45) is 3.82. The van der Waals surface area contributed by atoms with Crippen molar-refractivity contribution in [1.82, 2.24) is 30.3 Å². The summed E-state index contributed by atoms with van der Waals surface area (Å²) in [5, 5.41) is 17.7. The van der Waals surface area contributed by atoms with Gasteiger partial charge in [0.1, 0.15) is 5.82 Å². The first-order valence-electron chi connectivity index (χ1n) is 9.01. The largest absolute Gasteiger partial charge is 0.326 e. The lowest BCUT2D eigenvalue weighted by molar-refractivity contribution is -0.119. The van der Waals surface area contributed by atoms with Gasteiger partial charge in [0.2, 0.25) is 5.91 Å². The first-order chi connectivity index (χ1) is 13.0. The molecule has 1 aliphatic heterocycles. The molecule has 1 fully saturated rings. The molecule has 0 spiro atoms. The Labute approximate surface area is 169 Å². The Bertz CT molecular complexity index is 980. The van der Waals surface area contributed by atoms with E-state index < -0.39 is 0 Å². The Morgan fingerprint density at radius 3 is 2.79 bits per heavy atom. The molecule has 1 aliphatic rings. The first-order valence-corrected chi connectivity index (χ1v) is 9.01. The van der Waals surface area contributed by atoms with E-state index >= 15 is 0 Å². The lowest BCUT2D eigenvalue weighted by atomic mass is 9.90. The second-order valence-electron chi connectivity index (χ2n) is 7.08. The van der Waals surface area contributed by atoms with Gasteiger partial charge in [0.25, 0.3) is 0 Å². The van der Waals surface area contributed by atoms with Crippen LogP contribution in [0.15, 0.2) is 30.6 Å². The van der Waals surface area contributed by atoms with Crippen LogP contribution in [0.25, 0.3) is 11.4 Å². The van der Waals surface area contributed by atoms with Gasteiger partial charge in [-0.15, -0.1) is 12.4 Å². The van der Waals surface area contributed by atoms with Crippen LogP contribution in [-0.2, 0) is 11.8 Å². The maximum atomic E-state index is 13.0. The van der Waals surface area contributed by atoms with Gasteiger partial charge in [0, 0.05) is 43.5 Å². The number of H-pyrrole nitrogens is 1. The number of benzene rings is 1. The molecule has 0 bridgehead atoms. The number of carbonyl (C=O) groups excluding carboxylic acids is 1. The highest BCUT2D eigenvalue weighted by Crippen LogP contribution is 2.30. The van der Waals surface area contributed by atoms with E-state index in [-0.39, 0.29) is 30.2 Å². The molecule has 28 heavy (non-hydrogen) atoms. The SMILES string of the molecule is Cc1nc(-c2ccc(C)c(NC(=O)[C@H]3CNC[C@@H]3c3cnn(C)c3)c2)n[nH]1.Cl. The predicted octanol–water partition coefficient (Wildman–Crippen LogP) is 2.19. The number of nitrogens with zero attached hydrogens (tertiary/aromatic N) is 4. The second-order valence-corrected chi connectivity index (χ2v) is 7.08. The maximum Gasteiger partial charge on any atom is 0.229 e. The molecule has 8 nitrogen and oxygen atoms in total. The molecule has 0 saturated carbocycles. The summed E-state index contributed by atoms with van der Waals surface area (Å²) in [4.78, 5) is 17.4. The van der Waals surface area contributed by atoms with Crippen LogP contribution in [0.1, 0.15) is 22.9 Å². The summed E-state index contributed by atoms with van der Waals surface area (Å²) in [7, 11) is 1.89. The van der Waals surface area contributed by atoms with Crippen molar-refractivity contribution in [2.24, 2.45) is 13.0 Å². The highest BCUT2D eigenvalue weighted by atomic mass is 35.5. The fraction of sp³-hybridized carbons (Fsp3) is 0.368. The summed E-state index contributed by atoms with van der Waals surface area (Å²) in [6, 6.07) is 5.86. The van der Waals surface area contributed by atoms with Crippen LogP contribution in [0.5, 0.6) is 0 Å². The van der Waals surface area contributed by atoms with E-state index in [4.69, 9.17) is 0 Å². The second kappa shape index (κ2) is 8.12. The molecule has 2 atom stereocenters. The van der Waals surface area contributed by atoms with Crippen molar-refractivity contribution in [3.63, 3.8) is 0 Å².